The molecule has 0 aromatic rings. The number of hydrogen-bond acceptors (Lipinski definition) is 1. The average molecular weight is 184 g/mol. The van der Waals surface area contributed by atoms with Gasteiger partial charge >= 0.3 is 6.03 Å². The fourth-order valence-electron chi connectivity index (χ4n) is 2.00. The number of primary amides is 1. The summed E-state index contributed by atoms with van der Waals surface area (Å²) >= 11 is 0. The Labute approximate surface area is 80.3 Å². The molecule has 2 amide bonds. The average Bonchev–Trinajstić information content (AvgIpc) is 2.02. The van der Waals surface area contributed by atoms with Crippen molar-refractivity contribution in [2.75, 3.05) is 7.05 Å². The lowest BCUT2D eigenvalue weighted by molar-refractivity contribution is 0.187. The smallest absolute Gasteiger partial charge is 0.314 e. The van der Waals surface area contributed by atoms with Crippen LogP contribution in [0.1, 0.15) is 44.9 Å². The maximum absolute atomic E-state index is 10.9. The molecule has 0 atom stereocenters. The van der Waals surface area contributed by atoms with Gasteiger partial charge in [-0.15, -0.1) is 0 Å². The third-order valence-electron chi connectivity index (χ3n) is 2.97. The minimum absolute atomic E-state index is 0.287. The number of nitrogens with zero attached hydrogens (tertiary/aromatic N) is 1. The van der Waals surface area contributed by atoms with Crippen LogP contribution in [-0.4, -0.2) is 24.0 Å². The lowest BCUT2D eigenvalue weighted by Crippen LogP contribution is -2.40. The van der Waals surface area contributed by atoms with E-state index < -0.39 is 0 Å². The monoisotopic (exact) mass is 184 g/mol. The molecule has 0 aliphatic heterocycles. The Morgan fingerprint density at radius 1 is 1.15 bits per heavy atom. The van der Waals surface area contributed by atoms with Crippen LogP contribution in [0.3, 0.4) is 0 Å². The molecule has 1 rings (SSSR count). The zero-order chi connectivity index (χ0) is 9.68. The maximum Gasteiger partial charge on any atom is 0.314 e. The topological polar surface area (TPSA) is 46.3 Å². The van der Waals surface area contributed by atoms with Crippen LogP contribution in [0.5, 0.6) is 0 Å². The summed E-state index contributed by atoms with van der Waals surface area (Å²) in [6.07, 6.45) is 8.70. The molecule has 0 heterocycles. The summed E-state index contributed by atoms with van der Waals surface area (Å²) < 4.78 is 0. The molecular formula is C10H20N2O. The Bertz CT molecular complexity index is 162. The zero-order valence-electron chi connectivity index (χ0n) is 8.46. The van der Waals surface area contributed by atoms with Gasteiger partial charge < -0.3 is 10.6 Å². The standard InChI is InChI=1S/C10H20N2O/c1-12(10(11)13)9-7-5-3-2-4-6-8-9/h9H,2-8H2,1H3,(H2,11,13). The van der Waals surface area contributed by atoms with Crippen molar-refractivity contribution >= 4 is 6.03 Å². The fraction of sp³-hybridized carbons (Fsp3) is 0.900. The molecule has 13 heavy (non-hydrogen) atoms. The van der Waals surface area contributed by atoms with Crippen LogP contribution in [0.2, 0.25) is 0 Å². The van der Waals surface area contributed by atoms with Crippen LogP contribution in [0, 0.1) is 0 Å². The van der Waals surface area contributed by atoms with Crippen LogP contribution in [0.4, 0.5) is 4.79 Å². The Hall–Kier alpha value is -0.730. The Kier molecular flexibility index (Phi) is 4.06. The van der Waals surface area contributed by atoms with Gasteiger partial charge in [0.05, 0.1) is 0 Å². The van der Waals surface area contributed by atoms with Gasteiger partial charge in [0.1, 0.15) is 0 Å². The van der Waals surface area contributed by atoms with Gasteiger partial charge in [0.15, 0.2) is 0 Å². The van der Waals surface area contributed by atoms with E-state index in [2.05, 4.69) is 0 Å². The van der Waals surface area contributed by atoms with Gasteiger partial charge in [0, 0.05) is 13.1 Å². The first-order valence-corrected chi connectivity index (χ1v) is 5.24. The van der Waals surface area contributed by atoms with Crippen molar-refractivity contribution in [3.8, 4) is 0 Å². The molecule has 76 valence electrons. The number of urea groups is 1. The zero-order valence-corrected chi connectivity index (χ0v) is 8.46. The van der Waals surface area contributed by atoms with Crippen LogP contribution in [0.25, 0.3) is 0 Å². The first kappa shape index (κ1) is 10.4. The number of carbonyl (C=O) groups is 1. The summed E-state index contributed by atoms with van der Waals surface area (Å²) in [7, 11) is 1.81. The number of nitrogens with two attached hydrogens (primary N) is 1. The lowest BCUT2D eigenvalue weighted by Gasteiger charge is -2.28. The molecule has 0 saturated heterocycles. The van der Waals surface area contributed by atoms with E-state index >= 15 is 0 Å². The fourth-order valence-corrected chi connectivity index (χ4v) is 2.00. The van der Waals surface area contributed by atoms with Gasteiger partial charge in [0.25, 0.3) is 0 Å². The van der Waals surface area contributed by atoms with Crippen molar-refractivity contribution in [2.24, 2.45) is 5.73 Å². The van der Waals surface area contributed by atoms with Crippen molar-refractivity contribution in [1.29, 1.82) is 0 Å². The van der Waals surface area contributed by atoms with Gasteiger partial charge in [-0.2, -0.15) is 0 Å². The highest BCUT2D eigenvalue weighted by atomic mass is 16.2. The molecule has 0 aromatic heterocycles. The van der Waals surface area contributed by atoms with Crippen molar-refractivity contribution in [3.05, 3.63) is 0 Å². The predicted octanol–water partition coefficient (Wildman–Crippen LogP) is 2.11. The van der Waals surface area contributed by atoms with Crippen LogP contribution in [-0.2, 0) is 0 Å². The van der Waals surface area contributed by atoms with E-state index in [9.17, 15) is 4.79 Å². The highest BCUT2D eigenvalue weighted by Gasteiger charge is 2.17. The molecule has 1 aliphatic rings. The summed E-state index contributed by atoms with van der Waals surface area (Å²) in [5.41, 5.74) is 5.24. The van der Waals surface area contributed by atoms with Crippen LogP contribution in [0.15, 0.2) is 0 Å². The molecule has 0 aromatic carbocycles. The van der Waals surface area contributed by atoms with E-state index in [1.165, 1.54) is 32.1 Å². The molecular weight excluding hydrogens is 164 g/mol. The molecule has 0 radical (unpaired) electrons. The second kappa shape index (κ2) is 5.10. The van der Waals surface area contributed by atoms with E-state index in [0.717, 1.165) is 12.8 Å². The maximum atomic E-state index is 10.9. The SMILES string of the molecule is CN(C(N)=O)C1CCCCCCC1. The molecule has 1 fully saturated rings. The quantitative estimate of drug-likeness (QED) is 0.666. The van der Waals surface area contributed by atoms with Crippen molar-refractivity contribution < 1.29 is 4.79 Å². The van der Waals surface area contributed by atoms with Gasteiger partial charge in [-0.25, -0.2) is 4.79 Å². The highest BCUT2D eigenvalue weighted by molar-refractivity contribution is 5.71. The number of amides is 2. The van der Waals surface area contributed by atoms with Gasteiger partial charge in [-0.1, -0.05) is 32.1 Å². The number of rotatable bonds is 1. The van der Waals surface area contributed by atoms with Gasteiger partial charge in [-0.3, -0.25) is 0 Å². The predicted molar refractivity (Wildman–Crippen MR) is 53.5 cm³/mol. The second-order valence-corrected chi connectivity index (χ2v) is 3.95. The minimum Gasteiger partial charge on any atom is -0.351 e. The Balaban J connectivity index is 2.40. The molecule has 0 unspecified atom stereocenters. The molecule has 1 aliphatic carbocycles. The van der Waals surface area contributed by atoms with Gasteiger partial charge in [-0.05, 0) is 12.8 Å². The molecule has 1 saturated carbocycles. The third-order valence-corrected chi connectivity index (χ3v) is 2.97. The summed E-state index contributed by atoms with van der Waals surface area (Å²) in [5.74, 6) is 0. The van der Waals surface area contributed by atoms with Crippen molar-refractivity contribution in [2.45, 2.75) is 51.0 Å². The normalized spacial score (nSPS) is 20.4. The van der Waals surface area contributed by atoms with Crippen molar-refractivity contribution in [1.82, 2.24) is 4.90 Å². The third kappa shape index (κ3) is 3.25. The Morgan fingerprint density at radius 2 is 1.62 bits per heavy atom. The first-order valence-electron chi connectivity index (χ1n) is 5.24. The van der Waals surface area contributed by atoms with E-state index in [1.807, 2.05) is 7.05 Å². The summed E-state index contributed by atoms with van der Waals surface area (Å²) in [6.45, 7) is 0. The second-order valence-electron chi connectivity index (χ2n) is 3.95. The first-order chi connectivity index (χ1) is 6.22. The Morgan fingerprint density at radius 3 is 2.08 bits per heavy atom. The minimum atomic E-state index is -0.287. The van der Waals surface area contributed by atoms with E-state index in [4.69, 9.17) is 5.73 Å². The summed E-state index contributed by atoms with van der Waals surface area (Å²) in [6, 6.07) is 0.100. The van der Waals surface area contributed by atoms with Crippen LogP contribution < -0.4 is 5.73 Å². The largest absolute Gasteiger partial charge is 0.351 e. The lowest BCUT2D eigenvalue weighted by atomic mass is 9.96. The molecule has 0 bridgehead atoms. The molecule has 2 N–H and O–H groups in total. The van der Waals surface area contributed by atoms with Crippen LogP contribution >= 0.6 is 0 Å². The summed E-state index contributed by atoms with van der Waals surface area (Å²) in [4.78, 5) is 12.6. The van der Waals surface area contributed by atoms with Gasteiger partial charge in [0.2, 0.25) is 0 Å². The number of carbonyl (C=O) groups excluding carboxylic acids is 1. The molecule has 3 nitrogen and oxygen atoms in total. The van der Waals surface area contributed by atoms with Crippen molar-refractivity contribution in [3.63, 3.8) is 0 Å². The van der Waals surface area contributed by atoms with E-state index in [0.29, 0.717) is 6.04 Å². The highest BCUT2D eigenvalue weighted by Crippen LogP contribution is 2.20. The molecule has 3 heteroatoms. The van der Waals surface area contributed by atoms with E-state index in [1.54, 1.807) is 4.90 Å². The van der Waals surface area contributed by atoms with E-state index in [-0.39, 0.29) is 6.03 Å². The number of hydrogen-bond donors (Lipinski definition) is 1. The summed E-state index contributed by atoms with van der Waals surface area (Å²) in [5, 5.41) is 0. The molecule has 0 spiro atoms.